The molecule has 0 unspecified atom stereocenters. The summed E-state index contributed by atoms with van der Waals surface area (Å²) in [6.07, 6.45) is 3.82. The molecule has 0 bridgehead atoms. The van der Waals surface area contributed by atoms with Crippen molar-refractivity contribution in [3.8, 4) is 5.75 Å². The highest BCUT2D eigenvalue weighted by Crippen LogP contribution is 2.28. The number of nitrogen functional groups attached to an aromatic ring is 1. The van der Waals surface area contributed by atoms with Crippen LogP contribution in [-0.2, 0) is 6.42 Å². The van der Waals surface area contributed by atoms with Gasteiger partial charge in [0.25, 0.3) is 0 Å². The summed E-state index contributed by atoms with van der Waals surface area (Å²) >= 11 is 6.11. The Hall–Kier alpha value is -1.81. The Morgan fingerprint density at radius 2 is 1.94 bits per heavy atom. The lowest BCUT2D eigenvalue weighted by Gasteiger charge is -2.09. The summed E-state index contributed by atoms with van der Waals surface area (Å²) in [7, 11) is 1.60. The number of halogens is 1. The van der Waals surface area contributed by atoms with Crippen LogP contribution in [0.3, 0.4) is 0 Å². The van der Waals surface area contributed by atoms with E-state index < -0.39 is 0 Å². The van der Waals surface area contributed by atoms with E-state index >= 15 is 0 Å². The van der Waals surface area contributed by atoms with Crippen molar-refractivity contribution in [3.63, 3.8) is 0 Å². The second-order valence-corrected chi connectivity index (χ2v) is 4.43. The molecule has 1 aromatic heterocycles. The van der Waals surface area contributed by atoms with E-state index in [1.165, 1.54) is 0 Å². The maximum atomic E-state index is 6.11. The van der Waals surface area contributed by atoms with Crippen molar-refractivity contribution >= 4 is 17.3 Å². The lowest BCUT2D eigenvalue weighted by molar-refractivity contribution is 0.414. The average Bonchev–Trinajstić information content (AvgIpc) is 2.36. The first-order chi connectivity index (χ1) is 8.60. The van der Waals surface area contributed by atoms with Crippen LogP contribution in [0.1, 0.15) is 17.0 Å². The van der Waals surface area contributed by atoms with Crippen LogP contribution in [0.2, 0.25) is 5.02 Å². The average molecular weight is 264 g/mol. The fraction of sp³-hybridized carbons (Fsp3) is 0.231. The largest absolute Gasteiger partial charge is 0.495 e. The molecule has 0 aliphatic carbocycles. The zero-order valence-electron chi connectivity index (χ0n) is 10.3. The minimum atomic E-state index is 0.559. The summed E-state index contributed by atoms with van der Waals surface area (Å²) in [5.41, 5.74) is 8.28. The number of aryl methyl sites for hydroxylation is 1. The number of nitrogens with two attached hydrogens (primary N) is 1. The van der Waals surface area contributed by atoms with E-state index in [9.17, 15) is 0 Å². The first-order valence-electron chi connectivity index (χ1n) is 5.49. The summed E-state index contributed by atoms with van der Waals surface area (Å²) < 4.78 is 5.17. The number of hydrogen-bond acceptors (Lipinski definition) is 4. The van der Waals surface area contributed by atoms with E-state index in [4.69, 9.17) is 22.1 Å². The van der Waals surface area contributed by atoms with Crippen molar-refractivity contribution in [2.75, 3.05) is 12.8 Å². The van der Waals surface area contributed by atoms with Gasteiger partial charge < -0.3 is 10.5 Å². The molecule has 0 amide bonds. The molecule has 0 saturated heterocycles. The first kappa shape index (κ1) is 12.6. The molecular formula is C13H14ClN3O. The third-order valence-electron chi connectivity index (χ3n) is 2.68. The molecule has 0 aliphatic heterocycles. The van der Waals surface area contributed by atoms with Gasteiger partial charge in [-0.05, 0) is 30.2 Å². The molecule has 0 aliphatic rings. The standard InChI is InChI=1S/C13H14ClN3O/c1-8-3-12(18-2)11(14)4-9(8)5-13-16-6-10(15)7-17-13/h3-4,6-7H,5,15H2,1-2H3. The number of rotatable bonds is 3. The predicted molar refractivity (Wildman–Crippen MR) is 72.0 cm³/mol. The SMILES string of the molecule is COc1cc(C)c(Cc2ncc(N)cn2)cc1Cl. The molecule has 94 valence electrons. The molecule has 2 rings (SSSR count). The van der Waals surface area contributed by atoms with Crippen LogP contribution in [-0.4, -0.2) is 17.1 Å². The summed E-state index contributed by atoms with van der Waals surface area (Å²) in [6.45, 7) is 2.01. The van der Waals surface area contributed by atoms with Gasteiger partial charge in [0.2, 0.25) is 0 Å². The maximum Gasteiger partial charge on any atom is 0.137 e. The van der Waals surface area contributed by atoms with Gasteiger partial charge in [0.05, 0.1) is 30.2 Å². The van der Waals surface area contributed by atoms with E-state index in [1.807, 2.05) is 19.1 Å². The number of benzene rings is 1. The van der Waals surface area contributed by atoms with Gasteiger partial charge in [0.15, 0.2) is 0 Å². The molecule has 1 heterocycles. The molecule has 0 fully saturated rings. The Bertz CT molecular complexity index is 555. The minimum absolute atomic E-state index is 0.559. The number of aromatic nitrogens is 2. The summed E-state index contributed by atoms with van der Waals surface area (Å²) in [6, 6.07) is 3.80. The molecule has 0 radical (unpaired) electrons. The van der Waals surface area contributed by atoms with E-state index in [0.29, 0.717) is 28.7 Å². The molecule has 2 N–H and O–H groups in total. The fourth-order valence-corrected chi connectivity index (χ4v) is 1.93. The lowest BCUT2D eigenvalue weighted by atomic mass is 10.0. The number of ether oxygens (including phenoxy) is 1. The second-order valence-electron chi connectivity index (χ2n) is 4.02. The van der Waals surface area contributed by atoms with Crippen LogP contribution in [0, 0.1) is 6.92 Å². The van der Waals surface area contributed by atoms with Crippen LogP contribution in [0.15, 0.2) is 24.5 Å². The van der Waals surface area contributed by atoms with E-state index in [2.05, 4.69) is 9.97 Å². The van der Waals surface area contributed by atoms with Gasteiger partial charge in [-0.2, -0.15) is 0 Å². The van der Waals surface area contributed by atoms with Crippen molar-refractivity contribution in [2.24, 2.45) is 0 Å². The third-order valence-corrected chi connectivity index (χ3v) is 2.98. The molecule has 0 spiro atoms. The number of hydrogen-bond donors (Lipinski definition) is 1. The normalized spacial score (nSPS) is 10.4. The van der Waals surface area contributed by atoms with Crippen molar-refractivity contribution in [2.45, 2.75) is 13.3 Å². The Kier molecular flexibility index (Phi) is 3.67. The summed E-state index contributed by atoms with van der Waals surface area (Å²) in [4.78, 5) is 8.35. The van der Waals surface area contributed by atoms with E-state index in [-0.39, 0.29) is 0 Å². The third kappa shape index (κ3) is 2.71. The van der Waals surface area contributed by atoms with Crippen LogP contribution >= 0.6 is 11.6 Å². The highest BCUT2D eigenvalue weighted by Gasteiger charge is 2.08. The fourth-order valence-electron chi connectivity index (χ4n) is 1.67. The van der Waals surface area contributed by atoms with E-state index in [0.717, 1.165) is 11.1 Å². The Morgan fingerprint density at radius 1 is 1.28 bits per heavy atom. The highest BCUT2D eigenvalue weighted by atomic mass is 35.5. The van der Waals surface area contributed by atoms with Gasteiger partial charge in [-0.1, -0.05) is 11.6 Å². The first-order valence-corrected chi connectivity index (χ1v) is 5.87. The van der Waals surface area contributed by atoms with E-state index in [1.54, 1.807) is 19.5 Å². The Morgan fingerprint density at radius 3 is 2.56 bits per heavy atom. The maximum absolute atomic E-state index is 6.11. The van der Waals surface area contributed by atoms with Crippen LogP contribution < -0.4 is 10.5 Å². The quantitative estimate of drug-likeness (QED) is 0.925. The van der Waals surface area contributed by atoms with Crippen molar-refractivity contribution in [3.05, 3.63) is 46.5 Å². The smallest absolute Gasteiger partial charge is 0.137 e. The monoisotopic (exact) mass is 263 g/mol. The van der Waals surface area contributed by atoms with Gasteiger partial charge in [0, 0.05) is 6.42 Å². The second kappa shape index (κ2) is 5.23. The van der Waals surface area contributed by atoms with Gasteiger partial charge in [-0.3, -0.25) is 0 Å². The molecule has 0 saturated carbocycles. The number of anilines is 1. The topological polar surface area (TPSA) is 61.0 Å². The van der Waals surface area contributed by atoms with Crippen molar-refractivity contribution < 1.29 is 4.74 Å². The zero-order valence-corrected chi connectivity index (χ0v) is 11.0. The lowest BCUT2D eigenvalue weighted by Crippen LogP contribution is -2.00. The Balaban J connectivity index is 2.29. The molecule has 18 heavy (non-hydrogen) atoms. The molecular weight excluding hydrogens is 250 g/mol. The zero-order chi connectivity index (χ0) is 13.1. The van der Waals surface area contributed by atoms with Gasteiger partial charge in [-0.15, -0.1) is 0 Å². The van der Waals surface area contributed by atoms with Gasteiger partial charge in [0.1, 0.15) is 11.6 Å². The summed E-state index contributed by atoms with van der Waals surface area (Å²) in [5, 5.41) is 0.591. The van der Waals surface area contributed by atoms with Gasteiger partial charge in [-0.25, -0.2) is 9.97 Å². The van der Waals surface area contributed by atoms with Crippen LogP contribution in [0.25, 0.3) is 0 Å². The number of nitrogens with zero attached hydrogens (tertiary/aromatic N) is 2. The molecule has 2 aromatic rings. The molecule has 1 aromatic carbocycles. The Labute approximate surface area is 111 Å². The molecule has 4 nitrogen and oxygen atoms in total. The number of methoxy groups -OCH3 is 1. The van der Waals surface area contributed by atoms with Crippen LogP contribution in [0.4, 0.5) is 5.69 Å². The van der Waals surface area contributed by atoms with Crippen molar-refractivity contribution in [1.82, 2.24) is 9.97 Å². The van der Waals surface area contributed by atoms with Crippen LogP contribution in [0.5, 0.6) is 5.75 Å². The molecule has 0 atom stereocenters. The molecule has 5 heteroatoms. The van der Waals surface area contributed by atoms with Crippen molar-refractivity contribution in [1.29, 1.82) is 0 Å². The van der Waals surface area contributed by atoms with Gasteiger partial charge >= 0.3 is 0 Å². The highest BCUT2D eigenvalue weighted by molar-refractivity contribution is 6.32. The minimum Gasteiger partial charge on any atom is -0.495 e. The predicted octanol–water partition coefficient (Wildman–Crippen LogP) is 2.62. The summed E-state index contributed by atoms with van der Waals surface area (Å²) in [5.74, 6) is 1.39.